The fourth-order valence-corrected chi connectivity index (χ4v) is 9.12. The van der Waals surface area contributed by atoms with Gasteiger partial charge < -0.3 is 30.5 Å². The number of ether oxygens (including phenoxy) is 1. The molecule has 5 heterocycles. The number of imidazole rings is 3. The summed E-state index contributed by atoms with van der Waals surface area (Å²) < 4.78 is 5.40. The number of amides is 1. The van der Waals surface area contributed by atoms with Gasteiger partial charge in [0.1, 0.15) is 23.1 Å². The van der Waals surface area contributed by atoms with Crippen LogP contribution in [0.1, 0.15) is 80.4 Å². The smallest absolute Gasteiger partial charge is 0.412 e. The number of carboxylic acids is 1. The van der Waals surface area contributed by atoms with Gasteiger partial charge >= 0.3 is 12.1 Å². The van der Waals surface area contributed by atoms with Crippen molar-refractivity contribution in [3.05, 3.63) is 171 Å². The van der Waals surface area contributed by atoms with Crippen LogP contribution in [0.25, 0.3) is 54.0 Å². The molecule has 0 aliphatic heterocycles. The zero-order valence-electron chi connectivity index (χ0n) is 39.3. The number of hydrogen-bond donors (Lipinski definition) is 6. The van der Waals surface area contributed by atoms with Crippen LogP contribution in [-0.2, 0) is 17.6 Å². The molecule has 354 valence electrons. The first-order valence-corrected chi connectivity index (χ1v) is 24.0. The number of Topliss-reactive ketones (excluding diaryl/α,β-unsaturated/α-hetero) is 2. The van der Waals surface area contributed by atoms with E-state index in [1.54, 1.807) is 46.9 Å². The Labute approximate surface area is 411 Å². The molecule has 0 atom stereocenters. The van der Waals surface area contributed by atoms with E-state index in [1.165, 1.54) is 4.88 Å². The van der Waals surface area contributed by atoms with E-state index in [9.17, 15) is 19.2 Å². The molecular formula is C54H50N8O6S2. The molecule has 70 heavy (non-hydrogen) atoms. The van der Waals surface area contributed by atoms with Crippen LogP contribution >= 0.6 is 22.7 Å². The van der Waals surface area contributed by atoms with E-state index < -0.39 is 17.7 Å². The average molecular weight is 971 g/mol. The number of nitrogens with one attached hydrogen (secondary N) is 4. The van der Waals surface area contributed by atoms with Gasteiger partial charge in [0.2, 0.25) is 0 Å². The molecule has 0 aliphatic carbocycles. The number of carbonyl (C=O) groups is 4. The van der Waals surface area contributed by atoms with Crippen LogP contribution in [0.2, 0.25) is 0 Å². The van der Waals surface area contributed by atoms with Gasteiger partial charge in [-0.2, -0.15) is 0 Å². The van der Waals surface area contributed by atoms with Gasteiger partial charge in [-0.05, 0) is 166 Å². The number of anilines is 2. The van der Waals surface area contributed by atoms with Gasteiger partial charge in [-0.15, -0.1) is 22.7 Å². The average Bonchev–Trinajstić information content (AvgIpc) is 4.17. The molecule has 0 saturated heterocycles. The number of carbonyl (C=O) groups excluding carboxylic acids is 3. The third-order valence-electron chi connectivity index (χ3n) is 10.9. The first-order valence-electron chi connectivity index (χ1n) is 22.2. The van der Waals surface area contributed by atoms with E-state index in [0.717, 1.165) is 77.7 Å². The predicted molar refractivity (Wildman–Crippen MR) is 279 cm³/mol. The Bertz CT molecular complexity index is 3530. The minimum absolute atomic E-state index is 0.0455. The number of rotatable bonds is 10. The number of H-pyrrole nitrogens is 3. The first kappa shape index (κ1) is 48.3. The monoisotopic (exact) mass is 970 g/mol. The molecule has 5 aromatic carbocycles. The lowest BCUT2D eigenvalue weighted by Crippen LogP contribution is -2.27. The van der Waals surface area contributed by atoms with Gasteiger partial charge in [0.25, 0.3) is 0 Å². The summed E-state index contributed by atoms with van der Waals surface area (Å²) in [4.78, 5) is 73.4. The number of aromatic nitrogens is 6. The molecule has 0 bridgehead atoms. The predicted octanol–water partition coefficient (Wildman–Crippen LogP) is 12.5. The van der Waals surface area contributed by atoms with Crippen molar-refractivity contribution >= 4 is 90.8 Å². The number of benzene rings is 5. The summed E-state index contributed by atoms with van der Waals surface area (Å²) in [6, 6.07) is 35.5. The normalized spacial score (nSPS) is 11.2. The van der Waals surface area contributed by atoms with Crippen molar-refractivity contribution in [3.63, 3.8) is 0 Å². The second kappa shape index (κ2) is 20.6. The van der Waals surface area contributed by atoms with Crippen LogP contribution in [0.5, 0.6) is 0 Å². The maximum atomic E-state index is 13.2. The van der Waals surface area contributed by atoms with Crippen LogP contribution in [0.15, 0.2) is 126 Å². The van der Waals surface area contributed by atoms with Gasteiger partial charge in [0.05, 0.1) is 38.7 Å². The number of hydrogen-bond acceptors (Lipinski definition) is 11. The maximum absolute atomic E-state index is 13.2. The highest BCUT2D eigenvalue weighted by Gasteiger charge is 2.20. The Morgan fingerprint density at radius 1 is 0.600 bits per heavy atom. The lowest BCUT2D eigenvalue weighted by Gasteiger charge is -2.20. The molecule has 0 spiro atoms. The highest BCUT2D eigenvalue weighted by molar-refractivity contribution is 7.13. The number of thiophene rings is 2. The van der Waals surface area contributed by atoms with E-state index >= 15 is 0 Å². The number of aromatic amines is 3. The van der Waals surface area contributed by atoms with Crippen LogP contribution in [0, 0.1) is 20.8 Å². The summed E-state index contributed by atoms with van der Waals surface area (Å²) in [5.74, 6) is 1.51. The largest absolute Gasteiger partial charge is 0.478 e. The zero-order valence-corrected chi connectivity index (χ0v) is 40.9. The second-order valence-electron chi connectivity index (χ2n) is 17.5. The zero-order chi connectivity index (χ0) is 49.7. The summed E-state index contributed by atoms with van der Waals surface area (Å²) in [6.07, 6.45) is -0.128. The van der Waals surface area contributed by atoms with Gasteiger partial charge in [-0.1, -0.05) is 24.3 Å². The molecule has 10 rings (SSSR count). The first-order chi connectivity index (χ1) is 33.4. The van der Waals surface area contributed by atoms with E-state index in [0.29, 0.717) is 22.5 Å². The molecular weight excluding hydrogens is 921 g/mol. The molecule has 0 aliphatic rings. The lowest BCUT2D eigenvalue weighted by atomic mass is 9.99. The van der Waals surface area contributed by atoms with Crippen molar-refractivity contribution in [2.45, 2.75) is 60.0 Å². The number of ketones is 2. The van der Waals surface area contributed by atoms with Crippen LogP contribution in [-0.4, -0.2) is 64.2 Å². The van der Waals surface area contributed by atoms with Crippen molar-refractivity contribution in [1.82, 2.24) is 29.9 Å². The second-order valence-corrected chi connectivity index (χ2v) is 19.4. The van der Waals surface area contributed by atoms with E-state index in [1.807, 2.05) is 137 Å². The summed E-state index contributed by atoms with van der Waals surface area (Å²) in [5, 5.41) is 15.6. The van der Waals surface area contributed by atoms with Crippen LogP contribution in [0.3, 0.4) is 0 Å². The number of nitrogen functional groups attached to an aromatic ring is 1. The maximum Gasteiger partial charge on any atom is 0.412 e. The minimum Gasteiger partial charge on any atom is -0.478 e. The van der Waals surface area contributed by atoms with E-state index in [-0.39, 0.29) is 30.0 Å². The number of nitrogens with two attached hydrogens (primary N) is 1. The third-order valence-corrected chi connectivity index (χ3v) is 12.7. The molecule has 0 saturated carbocycles. The lowest BCUT2D eigenvalue weighted by molar-refractivity contribution is 0.0633. The summed E-state index contributed by atoms with van der Waals surface area (Å²) in [5.41, 5.74) is 16.8. The fraction of sp³-hybridized carbons (Fsp3) is 0.167. The number of nitrogens with zero attached hydrogens (tertiary/aromatic N) is 3. The molecule has 7 N–H and O–H groups in total. The SMILES string of the molecule is Cc1nc2ccc(C(=O)Cc3cc(-c4cccs4)ccc3N)cc2[nH]1.Cc1nc2ccc(C(=O)Cc3cc(-c4cccs4)ccc3NC(=O)OC(C)(C)C)cc2[nH]1.Cc1nc2ccc(C(=O)O)cc2[nH]1. The van der Waals surface area contributed by atoms with Gasteiger partial charge in [-0.3, -0.25) is 14.9 Å². The van der Waals surface area contributed by atoms with Crippen molar-refractivity contribution in [3.8, 4) is 20.9 Å². The quantitative estimate of drug-likeness (QED) is 0.0562. The number of carboxylic acid groups (broad SMARTS) is 1. The highest BCUT2D eigenvalue weighted by atomic mass is 32.1. The fourth-order valence-electron chi connectivity index (χ4n) is 7.67. The number of aromatic carboxylic acids is 1. The van der Waals surface area contributed by atoms with Crippen molar-refractivity contribution in [1.29, 1.82) is 0 Å². The molecule has 1 amide bonds. The Hall–Kier alpha value is -8.21. The molecule has 0 unspecified atom stereocenters. The van der Waals surface area contributed by atoms with Crippen molar-refractivity contribution in [2.75, 3.05) is 11.1 Å². The van der Waals surface area contributed by atoms with Gasteiger partial charge in [0, 0.05) is 45.1 Å². The van der Waals surface area contributed by atoms with Gasteiger partial charge in [0.15, 0.2) is 11.6 Å². The summed E-state index contributed by atoms with van der Waals surface area (Å²) in [6.45, 7) is 11.0. The number of fused-ring (bicyclic) bond motifs is 3. The van der Waals surface area contributed by atoms with Crippen LogP contribution in [0.4, 0.5) is 16.2 Å². The van der Waals surface area contributed by atoms with E-state index in [2.05, 4.69) is 41.3 Å². The topological polar surface area (TPSA) is 222 Å². The Morgan fingerprint density at radius 2 is 1.04 bits per heavy atom. The van der Waals surface area contributed by atoms with Crippen molar-refractivity contribution in [2.24, 2.45) is 0 Å². The van der Waals surface area contributed by atoms with E-state index in [4.69, 9.17) is 15.6 Å². The molecule has 16 heteroatoms. The summed E-state index contributed by atoms with van der Waals surface area (Å²) >= 11 is 3.30. The number of aryl methyl sites for hydroxylation is 3. The Kier molecular flexibility index (Phi) is 14.2. The molecule has 0 fully saturated rings. The third kappa shape index (κ3) is 11.9. The standard InChI is InChI=1S/C25H25N3O3S.C20H17N3OS.C9H8N2O2/c1-15-26-20-10-7-16(13-21(20)27-15)22(29)14-18-12-17(23-6-5-11-32-23)8-9-19(18)28-24(30)31-25(2,3)4;1-12-22-17-7-5-13(10-18(17)23-12)19(24)11-15-9-14(4-6-16(15)21)20-3-2-8-25-20;1-5-10-7-3-2-6(9(12)13)4-8(7)11-5/h5-13H,14H2,1-4H3,(H,26,27)(H,28,30);2-10H,11,21H2,1H3,(H,22,23);2-4H,1H3,(H,10,11)(H,12,13). The summed E-state index contributed by atoms with van der Waals surface area (Å²) in [7, 11) is 0. The van der Waals surface area contributed by atoms with Crippen molar-refractivity contribution < 1.29 is 29.0 Å². The minimum atomic E-state index is -0.922. The Balaban J connectivity index is 0.000000153. The highest BCUT2D eigenvalue weighted by Crippen LogP contribution is 2.31. The van der Waals surface area contributed by atoms with Gasteiger partial charge in [-0.25, -0.2) is 24.5 Å². The molecule has 0 radical (unpaired) electrons. The van der Waals surface area contributed by atoms with Crippen LogP contribution < -0.4 is 11.1 Å². The molecule has 10 aromatic rings. The Morgan fingerprint density at radius 3 is 1.50 bits per heavy atom. The molecule has 5 aromatic heterocycles. The molecule has 14 nitrogen and oxygen atoms in total.